The summed E-state index contributed by atoms with van der Waals surface area (Å²) in [5.41, 5.74) is 10.9. The van der Waals surface area contributed by atoms with Gasteiger partial charge >= 0.3 is 5.97 Å². The molecule has 2 aromatic rings. The van der Waals surface area contributed by atoms with Gasteiger partial charge in [-0.1, -0.05) is 0 Å². The zero-order valence-electron chi connectivity index (χ0n) is 10.9. The number of anilines is 2. The van der Waals surface area contributed by atoms with E-state index in [0.717, 1.165) is 4.88 Å². The monoisotopic (exact) mass is 295 g/mol. The molecule has 0 bridgehead atoms. The molecule has 0 fully saturated rings. The van der Waals surface area contributed by atoms with E-state index in [1.54, 1.807) is 6.07 Å². The Labute approximate surface area is 118 Å². The average Bonchev–Trinajstić information content (AvgIpc) is 2.76. The molecule has 0 unspecified atom stereocenters. The maximum absolute atomic E-state index is 12.0. The SMILES string of the molecule is COc1cc(C)sc1C(=O)OCc1nc(N)nc(N)n1. The van der Waals surface area contributed by atoms with Crippen molar-refractivity contribution >= 4 is 29.2 Å². The summed E-state index contributed by atoms with van der Waals surface area (Å²) in [6.45, 7) is 1.73. The van der Waals surface area contributed by atoms with Crippen LogP contribution in [-0.4, -0.2) is 28.0 Å². The summed E-state index contributed by atoms with van der Waals surface area (Å²) in [5.74, 6) is 0.112. The fraction of sp³-hybridized carbons (Fsp3) is 0.273. The summed E-state index contributed by atoms with van der Waals surface area (Å²) in [4.78, 5) is 24.6. The molecular formula is C11H13N5O3S. The van der Waals surface area contributed by atoms with Crippen molar-refractivity contribution in [2.24, 2.45) is 0 Å². The van der Waals surface area contributed by atoms with Crippen LogP contribution in [0.4, 0.5) is 11.9 Å². The van der Waals surface area contributed by atoms with E-state index in [2.05, 4.69) is 15.0 Å². The van der Waals surface area contributed by atoms with Gasteiger partial charge in [-0.2, -0.15) is 15.0 Å². The van der Waals surface area contributed by atoms with Crippen LogP contribution >= 0.6 is 11.3 Å². The maximum atomic E-state index is 12.0. The third kappa shape index (κ3) is 3.12. The Hall–Kier alpha value is -2.42. The minimum atomic E-state index is -0.516. The Balaban J connectivity index is 2.08. The number of hydrogen-bond donors (Lipinski definition) is 2. The second kappa shape index (κ2) is 5.70. The summed E-state index contributed by atoms with van der Waals surface area (Å²) in [5, 5.41) is 0. The lowest BCUT2D eigenvalue weighted by Gasteiger charge is -2.05. The molecule has 2 rings (SSSR count). The zero-order valence-corrected chi connectivity index (χ0v) is 11.7. The van der Waals surface area contributed by atoms with Gasteiger partial charge in [0, 0.05) is 4.88 Å². The zero-order chi connectivity index (χ0) is 14.7. The minimum absolute atomic E-state index is 0.0203. The van der Waals surface area contributed by atoms with Crippen LogP contribution in [0.3, 0.4) is 0 Å². The van der Waals surface area contributed by atoms with Gasteiger partial charge in [0.1, 0.15) is 5.75 Å². The molecule has 0 saturated carbocycles. The molecule has 0 aliphatic carbocycles. The molecule has 0 radical (unpaired) electrons. The lowest BCUT2D eigenvalue weighted by Crippen LogP contribution is -2.10. The van der Waals surface area contributed by atoms with E-state index in [4.69, 9.17) is 20.9 Å². The van der Waals surface area contributed by atoms with Gasteiger partial charge in [-0.3, -0.25) is 0 Å². The molecule has 0 amide bonds. The number of aromatic nitrogens is 3. The van der Waals surface area contributed by atoms with Crippen molar-refractivity contribution in [3.63, 3.8) is 0 Å². The summed E-state index contributed by atoms with van der Waals surface area (Å²) in [7, 11) is 1.49. The van der Waals surface area contributed by atoms with Crippen molar-refractivity contribution in [3.05, 3.63) is 21.6 Å². The topological polar surface area (TPSA) is 126 Å². The van der Waals surface area contributed by atoms with Gasteiger partial charge in [-0.05, 0) is 13.0 Å². The van der Waals surface area contributed by atoms with Crippen LogP contribution in [0.25, 0.3) is 0 Å². The number of carbonyl (C=O) groups excluding carboxylic acids is 1. The molecule has 0 aliphatic rings. The van der Waals surface area contributed by atoms with Crippen LogP contribution in [0.15, 0.2) is 6.07 Å². The van der Waals surface area contributed by atoms with E-state index in [1.807, 2.05) is 6.92 Å². The van der Waals surface area contributed by atoms with Crippen LogP contribution in [0.1, 0.15) is 20.4 Å². The van der Waals surface area contributed by atoms with Crippen molar-refractivity contribution in [3.8, 4) is 5.75 Å². The number of carbonyl (C=O) groups is 1. The van der Waals surface area contributed by atoms with Crippen LogP contribution < -0.4 is 16.2 Å². The van der Waals surface area contributed by atoms with Crippen LogP contribution in [0.5, 0.6) is 5.75 Å². The number of rotatable bonds is 4. The predicted molar refractivity (Wildman–Crippen MR) is 73.4 cm³/mol. The van der Waals surface area contributed by atoms with Gasteiger partial charge in [0.25, 0.3) is 0 Å². The number of thiophene rings is 1. The molecule has 9 heteroatoms. The summed E-state index contributed by atoms with van der Waals surface area (Å²) in [6, 6.07) is 1.76. The third-order valence-corrected chi connectivity index (χ3v) is 3.29. The molecule has 2 heterocycles. The van der Waals surface area contributed by atoms with Crippen LogP contribution in [0.2, 0.25) is 0 Å². The maximum Gasteiger partial charge on any atom is 0.352 e. The second-order valence-electron chi connectivity index (χ2n) is 3.80. The van der Waals surface area contributed by atoms with E-state index >= 15 is 0 Å². The normalized spacial score (nSPS) is 10.3. The first-order valence-electron chi connectivity index (χ1n) is 5.57. The summed E-state index contributed by atoms with van der Waals surface area (Å²) >= 11 is 1.29. The number of nitrogen functional groups attached to an aromatic ring is 2. The minimum Gasteiger partial charge on any atom is -0.495 e. The van der Waals surface area contributed by atoms with Gasteiger partial charge in [-0.25, -0.2) is 4.79 Å². The quantitative estimate of drug-likeness (QED) is 0.792. The number of hydrogen-bond acceptors (Lipinski definition) is 9. The first-order valence-corrected chi connectivity index (χ1v) is 6.38. The molecule has 0 aromatic carbocycles. The van der Waals surface area contributed by atoms with Gasteiger partial charge < -0.3 is 20.9 Å². The predicted octanol–water partition coefficient (Wildman–Crippen LogP) is 0.772. The van der Waals surface area contributed by atoms with Gasteiger partial charge in [0.2, 0.25) is 11.9 Å². The first kappa shape index (κ1) is 14.0. The molecule has 0 saturated heterocycles. The Morgan fingerprint density at radius 2 is 1.95 bits per heavy atom. The Morgan fingerprint density at radius 1 is 1.30 bits per heavy atom. The number of methoxy groups -OCH3 is 1. The fourth-order valence-corrected chi connectivity index (χ4v) is 2.37. The van der Waals surface area contributed by atoms with Gasteiger partial charge in [0.15, 0.2) is 17.3 Å². The molecule has 4 N–H and O–H groups in total. The molecule has 0 aliphatic heterocycles. The number of aryl methyl sites for hydroxylation is 1. The molecule has 8 nitrogen and oxygen atoms in total. The average molecular weight is 295 g/mol. The van der Waals surface area contributed by atoms with Crippen molar-refractivity contribution in [1.29, 1.82) is 0 Å². The lowest BCUT2D eigenvalue weighted by molar-refractivity contribution is 0.0465. The highest BCUT2D eigenvalue weighted by Gasteiger charge is 2.18. The number of nitrogens with zero attached hydrogens (tertiary/aromatic N) is 3. The van der Waals surface area contributed by atoms with Crippen molar-refractivity contribution in [1.82, 2.24) is 15.0 Å². The van der Waals surface area contributed by atoms with Crippen LogP contribution in [0, 0.1) is 6.92 Å². The summed E-state index contributed by atoms with van der Waals surface area (Å²) < 4.78 is 10.2. The molecule has 106 valence electrons. The lowest BCUT2D eigenvalue weighted by atomic mass is 10.4. The second-order valence-corrected chi connectivity index (χ2v) is 5.06. The van der Waals surface area contributed by atoms with Gasteiger partial charge in [0.05, 0.1) is 7.11 Å². The number of nitrogens with two attached hydrogens (primary N) is 2. The first-order chi connectivity index (χ1) is 9.49. The molecular weight excluding hydrogens is 282 g/mol. The highest BCUT2D eigenvalue weighted by Crippen LogP contribution is 2.29. The molecule has 0 atom stereocenters. The van der Waals surface area contributed by atoms with Crippen LogP contribution in [-0.2, 0) is 11.3 Å². The smallest absolute Gasteiger partial charge is 0.352 e. The van der Waals surface area contributed by atoms with E-state index in [9.17, 15) is 4.79 Å². The third-order valence-electron chi connectivity index (χ3n) is 2.28. The Kier molecular flexibility index (Phi) is 3.99. The van der Waals surface area contributed by atoms with E-state index < -0.39 is 5.97 Å². The highest BCUT2D eigenvalue weighted by molar-refractivity contribution is 7.14. The number of ether oxygens (including phenoxy) is 2. The molecule has 20 heavy (non-hydrogen) atoms. The van der Waals surface area contributed by atoms with Crippen molar-refractivity contribution in [2.75, 3.05) is 18.6 Å². The van der Waals surface area contributed by atoms with E-state index in [-0.39, 0.29) is 24.3 Å². The fourth-order valence-electron chi connectivity index (χ4n) is 1.50. The van der Waals surface area contributed by atoms with E-state index in [1.165, 1.54) is 18.4 Å². The summed E-state index contributed by atoms with van der Waals surface area (Å²) in [6.07, 6.45) is 0. The van der Waals surface area contributed by atoms with Crippen molar-refractivity contribution in [2.45, 2.75) is 13.5 Å². The molecule has 2 aromatic heterocycles. The van der Waals surface area contributed by atoms with E-state index in [0.29, 0.717) is 10.6 Å². The van der Waals surface area contributed by atoms with Gasteiger partial charge in [-0.15, -0.1) is 11.3 Å². The standard InChI is InChI=1S/C11H13N5O3S/c1-5-3-6(18-2)8(20-5)9(17)19-4-7-14-10(12)16-11(13)15-7/h3H,4H2,1-2H3,(H4,12,13,14,15,16). The highest BCUT2D eigenvalue weighted by atomic mass is 32.1. The Morgan fingerprint density at radius 3 is 2.55 bits per heavy atom. The Bertz CT molecular complexity index is 623. The van der Waals surface area contributed by atoms with Crippen molar-refractivity contribution < 1.29 is 14.3 Å². The largest absolute Gasteiger partial charge is 0.495 e. The number of esters is 1. The molecule has 0 spiro atoms.